The molecule has 0 bridgehead atoms. The highest BCUT2D eigenvalue weighted by atomic mass is 32.2. The van der Waals surface area contributed by atoms with Gasteiger partial charge in [-0.1, -0.05) is 224 Å². The fourth-order valence-corrected chi connectivity index (χ4v) is 25.2. The summed E-state index contributed by atoms with van der Waals surface area (Å²) in [6.45, 7) is 0.759. The van der Waals surface area contributed by atoms with Gasteiger partial charge in [0.2, 0.25) is 73.8 Å². The van der Waals surface area contributed by atoms with E-state index in [1.165, 1.54) is 103 Å². The lowest BCUT2D eigenvalue weighted by molar-refractivity contribution is -0.138. The predicted octanol–water partition coefficient (Wildman–Crippen LogP) is 9.72. The second-order valence-corrected chi connectivity index (χ2v) is 42.2. The van der Waals surface area contributed by atoms with Crippen LogP contribution >= 0.6 is 0 Å². The largest absolute Gasteiger partial charge is 0.414 e. The first-order valence-electron chi connectivity index (χ1n) is 42.8. The van der Waals surface area contributed by atoms with E-state index in [1.54, 1.807) is 194 Å². The number of alkyl halides is 3. The van der Waals surface area contributed by atoms with Crippen LogP contribution in [-0.2, 0) is 103 Å². The second kappa shape index (κ2) is 39.9. The summed E-state index contributed by atoms with van der Waals surface area (Å²) in [7, 11) is -20.1. The first-order chi connectivity index (χ1) is 66.7. The van der Waals surface area contributed by atoms with Gasteiger partial charge >= 0.3 is 6.18 Å². The van der Waals surface area contributed by atoms with Crippen LogP contribution in [0.5, 0.6) is 0 Å². The lowest BCUT2D eigenvalue weighted by Crippen LogP contribution is -2.48. The highest BCUT2D eigenvalue weighted by Crippen LogP contribution is 2.52. The van der Waals surface area contributed by atoms with Crippen LogP contribution in [0.2, 0.25) is 0 Å². The van der Waals surface area contributed by atoms with Crippen molar-refractivity contribution in [2.24, 2.45) is 35.3 Å². The number of aliphatic hydroxyl groups excluding tert-OH is 1. The number of Topliss-reactive ketones (excluding diaryl/α,β-unsaturated/α-hetero) is 5. The van der Waals surface area contributed by atoms with Crippen molar-refractivity contribution in [2.75, 3.05) is 26.0 Å². The summed E-state index contributed by atoms with van der Waals surface area (Å²) in [6, 6.07) is 70.5. The van der Waals surface area contributed by atoms with Crippen LogP contribution in [0.4, 0.5) is 13.2 Å². The molecule has 38 heteroatoms. The third-order valence-electron chi connectivity index (χ3n) is 24.5. The summed E-state index contributed by atoms with van der Waals surface area (Å²) in [4.78, 5) is 136. The Balaban J connectivity index is 0.000000133. The SMILES string of the molecule is CC(=O)NCC1=CC(=O)C(=O)C2C(c3ccccc3)=CN(S(=O)(=O)c3ccccc3)C12.CS(=O)(=O)N1C=C(c2ccccc2)C2C(=O)C(=O)C=C(C#N)C21.NCC1=CC(=O)C(=O)C2C(c3ccccc3)=CN(S(=O)(=O)c3ccccc3)C12.O=C1C=C(C(F)(F)F)C2C(C1=O)C(c1ccccc1)=CN2S(=O)(=O)c1ccccc1.O=C1C=C(CO)C2C(C1=O)C(c1ccccc1)=CN2S(=O)(=O)c1ccccc1. The maximum absolute atomic E-state index is 13.8. The number of hydrogen-bond donors (Lipinski definition) is 3. The van der Waals surface area contributed by atoms with E-state index >= 15 is 0 Å². The van der Waals surface area contributed by atoms with Crippen LogP contribution in [-0.4, -0.2) is 195 Å². The summed E-state index contributed by atoms with van der Waals surface area (Å²) < 4.78 is 177. The van der Waals surface area contributed by atoms with E-state index in [4.69, 9.17) is 5.73 Å². The first-order valence-corrected chi connectivity index (χ1v) is 50.4. The number of sulfonamides is 5. The van der Waals surface area contributed by atoms with Crippen molar-refractivity contribution < 1.29 is 113 Å². The van der Waals surface area contributed by atoms with Gasteiger partial charge in [-0.05, 0) is 145 Å². The van der Waals surface area contributed by atoms with E-state index in [9.17, 15) is 118 Å². The highest BCUT2D eigenvalue weighted by molar-refractivity contribution is 7.90. The van der Waals surface area contributed by atoms with E-state index < -0.39 is 186 Å². The Kier molecular flexibility index (Phi) is 28.2. The van der Waals surface area contributed by atoms with Gasteiger partial charge in [-0.25, -0.2) is 42.1 Å². The molecule has 712 valence electrons. The molecule has 30 nitrogen and oxygen atoms in total. The van der Waals surface area contributed by atoms with E-state index in [2.05, 4.69) is 5.32 Å². The highest BCUT2D eigenvalue weighted by Gasteiger charge is 2.59. The molecular formula is C102H81F3N8O22S5. The molecule has 0 spiro atoms. The fourth-order valence-electron chi connectivity index (χ4n) is 18.1. The van der Waals surface area contributed by atoms with E-state index in [-0.39, 0.29) is 61.4 Å². The number of amides is 1. The molecule has 10 aliphatic rings. The first kappa shape index (κ1) is 99.0. The Hall–Kier alpha value is -15.5. The Bertz CT molecular complexity index is 7440. The maximum Gasteiger partial charge on any atom is 0.414 e. The minimum absolute atomic E-state index is 0.0170. The van der Waals surface area contributed by atoms with Crippen molar-refractivity contribution in [2.45, 2.75) is 62.9 Å². The number of nitrogens with one attached hydrogen (secondary N) is 1. The minimum Gasteiger partial charge on any atom is -0.392 e. The quantitative estimate of drug-likeness (QED) is 0.0672. The number of benzene rings is 9. The van der Waals surface area contributed by atoms with Gasteiger partial charge in [0, 0.05) is 57.1 Å². The molecule has 5 heterocycles. The third kappa shape index (κ3) is 19.1. The summed E-state index contributed by atoms with van der Waals surface area (Å²) >= 11 is 0. The number of aliphatic hydroxyl groups is 1. The third-order valence-corrected chi connectivity index (χ3v) is 32.6. The molecule has 140 heavy (non-hydrogen) atoms. The number of nitrogens with two attached hydrogens (primary N) is 1. The van der Waals surface area contributed by atoms with Crippen LogP contribution in [0.15, 0.2) is 382 Å². The van der Waals surface area contributed by atoms with Crippen molar-refractivity contribution in [1.82, 2.24) is 26.8 Å². The fraction of sp³-hybridized carbons (Fsp3) is 0.157. The zero-order chi connectivity index (χ0) is 100. The standard InChI is InChI=1S/C23H20N2O5S.C21H14F3NO4S.C21H18N2O4S.C21H17NO5S.C16H12N2O4S/c1-15(26)24-13-17-12-20(27)23(28)21-19(16-8-4-2-5-9-16)14-25(22(17)21)31(29,30)18-10-6-3-7-11-18;22-21(23,24)16-11-17(26)20(27)18-15(13-7-3-1-4-8-13)12-25(19(16)18)30(28,29)14-9-5-2-6-10-14;22-12-15-11-18(24)21(25)19-17(14-7-3-1-4-8-14)13-23(20(15)19)28(26,27)16-9-5-2-6-10-16;23-13-15-11-18(24)21(25)19-17(14-7-3-1-4-8-14)12-22(20(15)19)28(26,27)16-9-5-2-6-10-16;1-23(21,22)18-9-12(10-5-3-2-4-6-10)14-15(18)11(8-17)7-13(19)16(14)20/h2-12,14,21-22H,13H2,1H3,(H,24,26);1-12,18-19H;1-11,13,19-20H,12,22H2;1-12,19-20,23H,13H2;2-7,9,14-15H,1H3. The molecule has 19 rings (SSSR count). The topological polar surface area (TPSA) is 457 Å². The normalized spacial score (nSPS) is 22.0. The Labute approximate surface area is 801 Å². The average molecular weight is 1990 g/mol. The van der Waals surface area contributed by atoms with E-state index in [1.807, 2.05) is 24.3 Å². The number of hydrogen-bond acceptors (Lipinski definition) is 24. The number of halogens is 3. The number of allylic oxidation sites excluding steroid dienone is 5. The van der Waals surface area contributed by atoms with E-state index in [0.29, 0.717) is 65.6 Å². The second-order valence-electron chi connectivity index (χ2n) is 32.9. The number of nitrogens with zero attached hydrogens (tertiary/aromatic N) is 6. The van der Waals surface area contributed by atoms with Crippen LogP contribution < -0.4 is 11.1 Å². The van der Waals surface area contributed by atoms with Crippen molar-refractivity contribution in [1.29, 1.82) is 5.26 Å². The van der Waals surface area contributed by atoms with Gasteiger partial charge in [0.25, 0.3) is 40.1 Å². The molecule has 0 fully saturated rings. The Morgan fingerprint density at radius 2 is 0.586 bits per heavy atom. The van der Waals surface area contributed by atoms with Gasteiger partial charge in [-0.3, -0.25) is 74.3 Å². The van der Waals surface area contributed by atoms with Crippen molar-refractivity contribution in [3.8, 4) is 6.07 Å². The van der Waals surface area contributed by atoms with Crippen molar-refractivity contribution in [3.05, 3.63) is 390 Å². The molecule has 9 aromatic rings. The number of carbonyl (C=O) groups excluding carboxylic acids is 11. The van der Waals surface area contributed by atoms with Crippen LogP contribution in [0.25, 0.3) is 27.9 Å². The van der Waals surface area contributed by atoms with Crippen molar-refractivity contribution >= 4 is 142 Å². The number of fused-ring (bicyclic) bond motifs is 5. The molecule has 5 aliphatic heterocycles. The number of carbonyl (C=O) groups is 11. The summed E-state index contributed by atoms with van der Waals surface area (Å²) in [5.41, 5.74) is 10.3. The molecule has 10 atom stereocenters. The van der Waals surface area contributed by atoms with E-state index in [0.717, 1.165) is 43.6 Å². The monoisotopic (exact) mass is 1990 g/mol. The molecule has 1 amide bonds. The van der Waals surface area contributed by atoms with Gasteiger partial charge in [-0.2, -0.15) is 18.4 Å². The zero-order valence-electron chi connectivity index (χ0n) is 73.6. The Morgan fingerprint density at radius 1 is 0.350 bits per heavy atom. The summed E-state index contributed by atoms with van der Waals surface area (Å²) in [6.07, 6.45) is 7.22. The Morgan fingerprint density at radius 3 is 0.857 bits per heavy atom. The lowest BCUT2D eigenvalue weighted by atomic mass is 9.78. The molecule has 5 aliphatic carbocycles. The van der Waals surface area contributed by atoms with Gasteiger partial charge in [0.1, 0.15) is 0 Å². The molecule has 0 saturated carbocycles. The summed E-state index contributed by atoms with van der Waals surface area (Å²) in [5.74, 6) is -13.7. The van der Waals surface area contributed by atoms with Crippen molar-refractivity contribution in [3.63, 3.8) is 0 Å². The molecule has 4 N–H and O–H groups in total. The summed E-state index contributed by atoms with van der Waals surface area (Å²) in [5, 5.41) is 21.6. The van der Waals surface area contributed by atoms with Gasteiger partial charge in [0.15, 0.2) is 0 Å². The van der Waals surface area contributed by atoms with Gasteiger partial charge in [-0.15, -0.1) is 0 Å². The number of nitriles is 1. The molecule has 10 unspecified atom stereocenters. The molecule has 0 saturated heterocycles. The number of rotatable bonds is 18. The van der Waals surface area contributed by atoms with Crippen LogP contribution in [0.1, 0.15) is 34.7 Å². The smallest absolute Gasteiger partial charge is 0.392 e. The average Bonchev–Trinajstić information content (AvgIpc) is 1.54. The minimum atomic E-state index is -5.00. The molecule has 0 aromatic heterocycles. The van der Waals surface area contributed by atoms with Gasteiger partial charge in [0.05, 0.1) is 109 Å². The number of ketones is 10. The van der Waals surface area contributed by atoms with Crippen LogP contribution in [0, 0.1) is 40.9 Å². The zero-order valence-corrected chi connectivity index (χ0v) is 77.7. The van der Waals surface area contributed by atoms with Gasteiger partial charge < -0.3 is 16.2 Å². The lowest BCUT2D eigenvalue weighted by Gasteiger charge is -2.33. The molecule has 9 aromatic carbocycles. The molecular weight excluding hydrogens is 1910 g/mol. The molecule has 0 radical (unpaired) electrons. The maximum atomic E-state index is 13.8. The van der Waals surface area contributed by atoms with Crippen LogP contribution in [0.3, 0.4) is 0 Å². The predicted molar refractivity (Wildman–Crippen MR) is 504 cm³/mol.